The Morgan fingerprint density at radius 1 is 0.250 bits per heavy atom. The number of esters is 3. The van der Waals surface area contributed by atoms with E-state index < -0.39 is 6.10 Å². The average Bonchev–Trinajstić information content (AvgIpc) is 3.42. The highest BCUT2D eigenvalue weighted by Crippen LogP contribution is 2.18. The molecule has 0 bridgehead atoms. The summed E-state index contributed by atoms with van der Waals surface area (Å²) >= 11 is 0. The van der Waals surface area contributed by atoms with Gasteiger partial charge >= 0.3 is 17.9 Å². The molecule has 0 aliphatic carbocycles. The van der Waals surface area contributed by atoms with Crippen LogP contribution >= 0.6 is 0 Å². The lowest BCUT2D eigenvalue weighted by atomic mass is 10.0. The highest BCUT2D eigenvalue weighted by Gasteiger charge is 2.19. The van der Waals surface area contributed by atoms with Crippen molar-refractivity contribution in [3.05, 3.63) is 24.3 Å². The quantitative estimate of drug-likeness (QED) is 0.0261. The van der Waals surface area contributed by atoms with Crippen molar-refractivity contribution in [2.45, 2.75) is 393 Å². The van der Waals surface area contributed by atoms with Gasteiger partial charge < -0.3 is 14.2 Å². The second-order valence-corrected chi connectivity index (χ2v) is 23.4. The highest BCUT2D eigenvalue weighted by atomic mass is 16.6. The first-order valence-corrected chi connectivity index (χ1v) is 34.3. The fraction of sp³-hybridized carbons (Fsp3) is 0.900. The van der Waals surface area contributed by atoms with Crippen LogP contribution in [0.2, 0.25) is 0 Å². The van der Waals surface area contributed by atoms with E-state index in [1.54, 1.807) is 0 Å². The van der Waals surface area contributed by atoms with Crippen molar-refractivity contribution < 1.29 is 28.6 Å². The van der Waals surface area contributed by atoms with E-state index in [1.165, 1.54) is 276 Å². The van der Waals surface area contributed by atoms with Crippen LogP contribution in [0.3, 0.4) is 0 Å². The lowest BCUT2D eigenvalue weighted by Gasteiger charge is -2.18. The van der Waals surface area contributed by atoms with Gasteiger partial charge in [0.25, 0.3) is 0 Å². The van der Waals surface area contributed by atoms with Gasteiger partial charge in [-0.25, -0.2) is 0 Å². The van der Waals surface area contributed by atoms with Gasteiger partial charge in [0.2, 0.25) is 0 Å². The van der Waals surface area contributed by atoms with Crippen LogP contribution in [0.4, 0.5) is 0 Å². The molecule has 76 heavy (non-hydrogen) atoms. The number of carbonyl (C=O) groups is 3. The predicted molar refractivity (Wildman–Crippen MR) is 330 cm³/mol. The number of ether oxygens (including phenoxy) is 3. The molecule has 0 heterocycles. The van der Waals surface area contributed by atoms with E-state index in [1.807, 2.05) is 0 Å². The van der Waals surface area contributed by atoms with Gasteiger partial charge in [0.05, 0.1) is 0 Å². The summed E-state index contributed by atoms with van der Waals surface area (Å²) < 4.78 is 16.9. The number of hydrogen-bond acceptors (Lipinski definition) is 6. The maximum atomic E-state index is 12.9. The van der Waals surface area contributed by atoms with Gasteiger partial charge in [0.15, 0.2) is 6.10 Å². The Morgan fingerprint density at radius 3 is 0.671 bits per heavy atom. The monoisotopic (exact) mass is 1070 g/mol. The fourth-order valence-electron chi connectivity index (χ4n) is 10.5. The molecule has 6 nitrogen and oxygen atoms in total. The van der Waals surface area contributed by atoms with Crippen LogP contribution < -0.4 is 0 Å². The van der Waals surface area contributed by atoms with Gasteiger partial charge in [-0.3, -0.25) is 14.4 Å². The number of hydrogen-bond donors (Lipinski definition) is 0. The standard InChI is InChI=1S/C70H132O6/c1-4-7-10-13-16-19-22-25-27-29-30-31-32-33-34-35-36-37-38-39-40-41-43-45-48-51-54-57-60-63-69(72)75-66-67(65-74-68(71)62-59-56-53-50-47-44-24-21-18-15-12-9-6-3)76-70(73)64-61-58-55-52-49-46-42-28-26-23-20-17-14-11-8-5-2/h21,24,28,42,67H,4-20,22-23,25-27,29-41,43-66H2,1-3H3/b24-21-,42-28-. The molecule has 448 valence electrons. The molecule has 0 spiro atoms. The molecule has 0 amide bonds. The molecular formula is C70H132O6. The Morgan fingerprint density at radius 2 is 0.434 bits per heavy atom. The lowest BCUT2D eigenvalue weighted by Crippen LogP contribution is -2.30. The van der Waals surface area contributed by atoms with Crippen molar-refractivity contribution in [1.82, 2.24) is 0 Å². The van der Waals surface area contributed by atoms with Crippen LogP contribution in [0.15, 0.2) is 24.3 Å². The Labute approximate surface area is 474 Å². The van der Waals surface area contributed by atoms with E-state index in [2.05, 4.69) is 45.1 Å². The number of carbonyl (C=O) groups excluding carboxylic acids is 3. The first-order chi connectivity index (χ1) is 37.5. The first-order valence-electron chi connectivity index (χ1n) is 34.3. The minimum atomic E-state index is -0.776. The third-order valence-electron chi connectivity index (χ3n) is 15.7. The summed E-state index contributed by atoms with van der Waals surface area (Å²) in [5, 5.41) is 0. The van der Waals surface area contributed by atoms with E-state index >= 15 is 0 Å². The van der Waals surface area contributed by atoms with E-state index in [4.69, 9.17) is 14.2 Å². The van der Waals surface area contributed by atoms with E-state index in [9.17, 15) is 14.4 Å². The van der Waals surface area contributed by atoms with Gasteiger partial charge in [0.1, 0.15) is 13.2 Å². The van der Waals surface area contributed by atoms with Crippen LogP contribution in [0.5, 0.6) is 0 Å². The zero-order valence-electron chi connectivity index (χ0n) is 51.6. The van der Waals surface area contributed by atoms with E-state index in [-0.39, 0.29) is 31.1 Å². The molecular weight excluding hydrogens is 937 g/mol. The summed E-state index contributed by atoms with van der Waals surface area (Å²) in [4.78, 5) is 38.3. The molecule has 0 aromatic heterocycles. The van der Waals surface area contributed by atoms with Crippen LogP contribution in [-0.4, -0.2) is 37.2 Å². The van der Waals surface area contributed by atoms with Crippen molar-refractivity contribution in [2.75, 3.05) is 13.2 Å². The maximum absolute atomic E-state index is 12.9. The molecule has 1 atom stereocenters. The molecule has 6 heteroatoms. The molecule has 0 N–H and O–H groups in total. The Bertz CT molecular complexity index is 1230. The van der Waals surface area contributed by atoms with Gasteiger partial charge in [-0.05, 0) is 70.6 Å². The fourth-order valence-corrected chi connectivity index (χ4v) is 10.5. The average molecular weight is 1070 g/mol. The maximum Gasteiger partial charge on any atom is 0.306 e. The summed E-state index contributed by atoms with van der Waals surface area (Å²) in [7, 11) is 0. The van der Waals surface area contributed by atoms with Crippen molar-refractivity contribution in [3.63, 3.8) is 0 Å². The van der Waals surface area contributed by atoms with Crippen molar-refractivity contribution in [3.8, 4) is 0 Å². The molecule has 0 radical (unpaired) electrons. The summed E-state index contributed by atoms with van der Waals surface area (Å²) in [6.45, 7) is 6.68. The molecule has 1 unspecified atom stereocenters. The highest BCUT2D eigenvalue weighted by molar-refractivity contribution is 5.71. The third kappa shape index (κ3) is 62.7. The predicted octanol–water partition coefficient (Wildman–Crippen LogP) is 23.4. The molecule has 0 aromatic rings. The number of unbranched alkanes of at least 4 members (excludes halogenated alkanes) is 49. The minimum absolute atomic E-state index is 0.0723. The largest absolute Gasteiger partial charge is 0.462 e. The zero-order valence-corrected chi connectivity index (χ0v) is 51.6. The van der Waals surface area contributed by atoms with E-state index in [0.717, 1.165) is 70.6 Å². The molecule has 0 aliphatic rings. The van der Waals surface area contributed by atoms with E-state index in [0.29, 0.717) is 19.3 Å². The van der Waals surface area contributed by atoms with Crippen LogP contribution in [0, 0.1) is 0 Å². The van der Waals surface area contributed by atoms with Gasteiger partial charge in [0, 0.05) is 19.3 Å². The van der Waals surface area contributed by atoms with Crippen LogP contribution in [-0.2, 0) is 28.6 Å². The Hall–Kier alpha value is -2.11. The lowest BCUT2D eigenvalue weighted by molar-refractivity contribution is -0.167. The zero-order chi connectivity index (χ0) is 55.0. The molecule has 0 aromatic carbocycles. The van der Waals surface area contributed by atoms with Gasteiger partial charge in [-0.15, -0.1) is 0 Å². The minimum Gasteiger partial charge on any atom is -0.462 e. The topological polar surface area (TPSA) is 78.9 Å². The smallest absolute Gasteiger partial charge is 0.306 e. The number of rotatable bonds is 64. The second-order valence-electron chi connectivity index (χ2n) is 23.4. The van der Waals surface area contributed by atoms with Crippen molar-refractivity contribution >= 4 is 17.9 Å². The SMILES string of the molecule is CCCCCC/C=C\CCCCCCCC(=O)OCC(COC(=O)CCCCCCCCCCCCCCCCCCCCCCCCCCCCCCC)OC(=O)CCCCCCC/C=C\CCCCCCCCC. The third-order valence-corrected chi connectivity index (χ3v) is 15.7. The van der Waals surface area contributed by atoms with Crippen molar-refractivity contribution in [2.24, 2.45) is 0 Å². The molecule has 0 aliphatic heterocycles. The molecule has 0 rings (SSSR count). The van der Waals surface area contributed by atoms with Crippen LogP contribution in [0.1, 0.15) is 387 Å². The number of allylic oxidation sites excluding steroid dienone is 4. The molecule has 0 fully saturated rings. The summed E-state index contributed by atoms with van der Waals surface area (Å²) in [6, 6.07) is 0. The normalized spacial score (nSPS) is 12.1. The van der Waals surface area contributed by atoms with Gasteiger partial charge in [-0.1, -0.05) is 321 Å². The van der Waals surface area contributed by atoms with Crippen molar-refractivity contribution in [1.29, 1.82) is 0 Å². The van der Waals surface area contributed by atoms with Crippen LogP contribution in [0.25, 0.3) is 0 Å². The summed E-state index contributed by atoms with van der Waals surface area (Å²) in [5.41, 5.74) is 0. The second kappa shape index (κ2) is 65.4. The first kappa shape index (κ1) is 73.9. The molecule has 0 saturated heterocycles. The summed E-state index contributed by atoms with van der Waals surface area (Å²) in [5.74, 6) is -0.864. The Kier molecular flexibility index (Phi) is 63.6. The summed E-state index contributed by atoms with van der Waals surface area (Å²) in [6.07, 6.45) is 79.3. The van der Waals surface area contributed by atoms with Gasteiger partial charge in [-0.2, -0.15) is 0 Å². The Balaban J connectivity index is 4.15. The molecule has 0 saturated carbocycles.